The highest BCUT2D eigenvalue weighted by Crippen LogP contribution is 2.15. The third kappa shape index (κ3) is 5.11. The van der Waals surface area contributed by atoms with E-state index in [9.17, 15) is 13.6 Å². The minimum atomic E-state index is -2.56. The summed E-state index contributed by atoms with van der Waals surface area (Å²) >= 11 is 0. The number of amides is 1. The average molecular weight is 208 g/mol. The van der Waals surface area contributed by atoms with E-state index in [1.54, 1.807) is 0 Å². The lowest BCUT2D eigenvalue weighted by Crippen LogP contribution is -2.46. The zero-order valence-corrected chi connectivity index (χ0v) is 8.65. The molecule has 84 valence electrons. The minimum Gasteiger partial charge on any atom is -0.356 e. The van der Waals surface area contributed by atoms with Crippen LogP contribution in [0.25, 0.3) is 0 Å². The Hall–Kier alpha value is -0.710. The first-order valence-corrected chi connectivity index (χ1v) is 4.74. The molecule has 0 aliphatic heterocycles. The Morgan fingerprint density at radius 3 is 2.57 bits per heavy atom. The van der Waals surface area contributed by atoms with Gasteiger partial charge in [-0.05, 0) is 19.8 Å². The van der Waals surface area contributed by atoms with Crippen molar-refractivity contribution in [1.82, 2.24) is 5.32 Å². The quantitative estimate of drug-likeness (QED) is 0.690. The van der Waals surface area contributed by atoms with Gasteiger partial charge < -0.3 is 11.1 Å². The van der Waals surface area contributed by atoms with Gasteiger partial charge in [0.05, 0.1) is 5.54 Å². The van der Waals surface area contributed by atoms with Gasteiger partial charge in [-0.15, -0.1) is 0 Å². The number of carbonyl (C=O) groups excluding carboxylic acids is 1. The molecular formula is C9H18F2N2O. The van der Waals surface area contributed by atoms with Crippen molar-refractivity contribution in [3.05, 3.63) is 0 Å². The number of rotatable bonds is 6. The fourth-order valence-electron chi connectivity index (χ4n) is 0.896. The normalized spacial score (nSPS) is 15.3. The highest BCUT2D eigenvalue weighted by molar-refractivity contribution is 5.75. The molecule has 0 fully saturated rings. The van der Waals surface area contributed by atoms with Crippen molar-refractivity contribution in [2.75, 3.05) is 6.54 Å². The van der Waals surface area contributed by atoms with E-state index < -0.39 is 12.0 Å². The summed E-state index contributed by atoms with van der Waals surface area (Å²) in [6.45, 7) is 3.37. The second kappa shape index (κ2) is 5.90. The fourth-order valence-corrected chi connectivity index (χ4v) is 0.896. The lowest BCUT2D eigenvalue weighted by atomic mass is 10.0. The van der Waals surface area contributed by atoms with Crippen LogP contribution in [-0.4, -0.2) is 24.4 Å². The number of hydrogen-bond donors (Lipinski definition) is 2. The van der Waals surface area contributed by atoms with Gasteiger partial charge in [-0.3, -0.25) is 4.79 Å². The Morgan fingerprint density at radius 2 is 2.14 bits per heavy atom. The van der Waals surface area contributed by atoms with Crippen molar-refractivity contribution in [1.29, 1.82) is 0 Å². The minimum absolute atomic E-state index is 0.0835. The molecule has 0 aromatic heterocycles. The zero-order valence-electron chi connectivity index (χ0n) is 8.65. The molecule has 0 aromatic carbocycles. The number of halogens is 2. The third-order valence-electron chi connectivity index (χ3n) is 1.96. The summed E-state index contributed by atoms with van der Waals surface area (Å²) in [4.78, 5) is 11.0. The maximum atomic E-state index is 12.2. The topological polar surface area (TPSA) is 55.1 Å². The first-order chi connectivity index (χ1) is 6.40. The van der Waals surface area contributed by atoms with Gasteiger partial charge in [-0.25, -0.2) is 8.78 Å². The predicted molar refractivity (Wildman–Crippen MR) is 51.1 cm³/mol. The molecule has 3 nitrogen and oxygen atoms in total. The van der Waals surface area contributed by atoms with Gasteiger partial charge in [0, 0.05) is 13.0 Å². The lowest BCUT2D eigenvalue weighted by Gasteiger charge is -2.23. The molecule has 0 aromatic rings. The van der Waals surface area contributed by atoms with E-state index in [2.05, 4.69) is 5.32 Å². The van der Waals surface area contributed by atoms with Crippen molar-refractivity contribution < 1.29 is 13.6 Å². The Labute approximate surface area is 83.0 Å². The van der Waals surface area contributed by atoms with Crippen LogP contribution in [0, 0.1) is 0 Å². The smallest absolute Gasteiger partial charge is 0.256 e. The van der Waals surface area contributed by atoms with Gasteiger partial charge in [0.2, 0.25) is 5.91 Å². The molecule has 1 amide bonds. The van der Waals surface area contributed by atoms with Gasteiger partial charge in [0.15, 0.2) is 0 Å². The second-order valence-electron chi connectivity index (χ2n) is 3.66. The number of alkyl halides is 2. The first-order valence-electron chi connectivity index (χ1n) is 4.74. The van der Waals surface area contributed by atoms with Crippen molar-refractivity contribution in [3.63, 3.8) is 0 Å². The van der Waals surface area contributed by atoms with Gasteiger partial charge in [-0.2, -0.15) is 0 Å². The SMILES string of the molecule is CCCC(=O)NCCC(C)(N)C(F)F. The van der Waals surface area contributed by atoms with Gasteiger partial charge in [-0.1, -0.05) is 6.92 Å². The Morgan fingerprint density at radius 1 is 1.57 bits per heavy atom. The largest absolute Gasteiger partial charge is 0.356 e. The Kier molecular flexibility index (Phi) is 5.60. The second-order valence-corrected chi connectivity index (χ2v) is 3.66. The van der Waals surface area contributed by atoms with Gasteiger partial charge >= 0.3 is 0 Å². The summed E-state index contributed by atoms with van der Waals surface area (Å²) in [5, 5.41) is 2.54. The van der Waals surface area contributed by atoms with Crippen molar-refractivity contribution in [3.8, 4) is 0 Å². The maximum Gasteiger partial charge on any atom is 0.256 e. The molecular weight excluding hydrogens is 190 g/mol. The molecule has 0 heterocycles. The van der Waals surface area contributed by atoms with Crippen molar-refractivity contribution >= 4 is 5.91 Å². The molecule has 1 atom stereocenters. The number of hydrogen-bond acceptors (Lipinski definition) is 2. The molecule has 0 radical (unpaired) electrons. The number of carbonyl (C=O) groups is 1. The summed E-state index contributed by atoms with van der Waals surface area (Å²) < 4.78 is 24.5. The average Bonchev–Trinajstić information content (AvgIpc) is 2.04. The molecule has 0 saturated heterocycles. The van der Waals surface area contributed by atoms with Gasteiger partial charge in [0.1, 0.15) is 0 Å². The van der Waals surface area contributed by atoms with E-state index in [1.165, 1.54) is 6.92 Å². The predicted octanol–water partition coefficient (Wildman–Crippen LogP) is 1.28. The number of nitrogens with two attached hydrogens (primary N) is 1. The molecule has 0 saturated carbocycles. The molecule has 5 heteroatoms. The van der Waals surface area contributed by atoms with E-state index in [-0.39, 0.29) is 18.9 Å². The fraction of sp³-hybridized carbons (Fsp3) is 0.889. The van der Waals surface area contributed by atoms with E-state index >= 15 is 0 Å². The standard InChI is InChI=1S/C9H18F2N2O/c1-3-4-7(14)13-6-5-9(2,12)8(10)11/h8H,3-6,12H2,1-2H3,(H,13,14). The molecule has 14 heavy (non-hydrogen) atoms. The summed E-state index contributed by atoms with van der Waals surface area (Å²) in [5.41, 5.74) is 3.80. The zero-order chi connectivity index (χ0) is 11.2. The maximum absolute atomic E-state index is 12.2. The Balaban J connectivity index is 3.68. The van der Waals surface area contributed by atoms with Crippen LogP contribution in [-0.2, 0) is 4.79 Å². The van der Waals surface area contributed by atoms with Crippen LogP contribution in [0.3, 0.4) is 0 Å². The summed E-state index contributed by atoms with van der Waals surface area (Å²) in [5.74, 6) is -0.113. The van der Waals surface area contributed by atoms with Crippen LogP contribution in [0.1, 0.15) is 33.1 Å². The molecule has 0 bridgehead atoms. The van der Waals surface area contributed by atoms with Crippen LogP contribution in [0.4, 0.5) is 8.78 Å². The van der Waals surface area contributed by atoms with Crippen LogP contribution < -0.4 is 11.1 Å². The monoisotopic (exact) mass is 208 g/mol. The first kappa shape index (κ1) is 13.3. The van der Waals surface area contributed by atoms with Crippen molar-refractivity contribution in [2.24, 2.45) is 5.73 Å². The van der Waals surface area contributed by atoms with E-state index in [0.717, 1.165) is 6.42 Å². The molecule has 1 unspecified atom stereocenters. The Bertz CT molecular complexity index is 184. The summed E-state index contributed by atoms with van der Waals surface area (Å²) in [6.07, 6.45) is -1.30. The highest BCUT2D eigenvalue weighted by atomic mass is 19.3. The van der Waals surface area contributed by atoms with Crippen LogP contribution in [0.15, 0.2) is 0 Å². The summed E-state index contributed by atoms with van der Waals surface area (Å²) in [6, 6.07) is 0. The molecule has 0 aliphatic rings. The highest BCUT2D eigenvalue weighted by Gasteiger charge is 2.29. The van der Waals surface area contributed by atoms with Crippen LogP contribution >= 0.6 is 0 Å². The van der Waals surface area contributed by atoms with Gasteiger partial charge in [0.25, 0.3) is 6.43 Å². The summed E-state index contributed by atoms with van der Waals surface area (Å²) in [7, 11) is 0. The van der Waals surface area contributed by atoms with Crippen molar-refractivity contribution in [2.45, 2.75) is 45.1 Å². The number of nitrogens with one attached hydrogen (secondary N) is 1. The van der Waals surface area contributed by atoms with E-state index in [4.69, 9.17) is 5.73 Å². The van der Waals surface area contributed by atoms with Crippen LogP contribution in [0.2, 0.25) is 0 Å². The molecule has 0 spiro atoms. The van der Waals surface area contributed by atoms with E-state index in [1.807, 2.05) is 6.92 Å². The van der Waals surface area contributed by atoms with E-state index in [0.29, 0.717) is 6.42 Å². The molecule has 0 aliphatic carbocycles. The molecule has 3 N–H and O–H groups in total. The lowest BCUT2D eigenvalue weighted by molar-refractivity contribution is -0.121. The third-order valence-corrected chi connectivity index (χ3v) is 1.96. The molecule has 0 rings (SSSR count). The van der Waals surface area contributed by atoms with Crippen LogP contribution in [0.5, 0.6) is 0 Å².